The SMILES string of the molecule is CN(C)C(=O)C[C@H]1CC2(CCN(C(=O)c3ccco3)CC2)c2ccccc21. The van der Waals surface area contributed by atoms with Crippen LogP contribution in [0.3, 0.4) is 0 Å². The van der Waals surface area contributed by atoms with Gasteiger partial charge in [-0.1, -0.05) is 24.3 Å². The maximum absolute atomic E-state index is 12.6. The number of likely N-dealkylation sites (tertiary alicyclic amines) is 1. The second kappa shape index (κ2) is 6.87. The summed E-state index contributed by atoms with van der Waals surface area (Å²) in [5.74, 6) is 0.827. The molecular formula is C22H26N2O3. The van der Waals surface area contributed by atoms with E-state index in [1.807, 2.05) is 19.0 Å². The zero-order valence-corrected chi connectivity index (χ0v) is 16.0. The van der Waals surface area contributed by atoms with Gasteiger partial charge in [-0.05, 0) is 53.9 Å². The van der Waals surface area contributed by atoms with Crippen molar-refractivity contribution >= 4 is 11.8 Å². The second-order valence-electron chi connectivity index (χ2n) is 8.03. The van der Waals surface area contributed by atoms with E-state index in [1.54, 1.807) is 17.0 Å². The molecule has 1 aliphatic carbocycles. The molecule has 27 heavy (non-hydrogen) atoms. The first-order chi connectivity index (χ1) is 13.0. The fourth-order valence-electron chi connectivity index (χ4n) is 4.77. The minimum atomic E-state index is -0.0273. The molecule has 0 unspecified atom stereocenters. The number of hydrogen-bond donors (Lipinski definition) is 0. The third kappa shape index (κ3) is 3.15. The number of amides is 2. The lowest BCUT2D eigenvalue weighted by atomic mass is 9.73. The molecule has 1 spiro atoms. The fourth-order valence-corrected chi connectivity index (χ4v) is 4.77. The summed E-state index contributed by atoms with van der Waals surface area (Å²) in [7, 11) is 3.63. The quantitative estimate of drug-likeness (QED) is 0.836. The molecule has 142 valence electrons. The van der Waals surface area contributed by atoms with Gasteiger partial charge in [0.15, 0.2) is 5.76 Å². The highest BCUT2D eigenvalue weighted by atomic mass is 16.3. The van der Waals surface area contributed by atoms with E-state index in [0.29, 0.717) is 12.2 Å². The lowest BCUT2D eigenvalue weighted by Gasteiger charge is -2.40. The molecule has 2 aromatic rings. The highest BCUT2D eigenvalue weighted by Crippen LogP contribution is 2.52. The molecule has 5 nitrogen and oxygen atoms in total. The van der Waals surface area contributed by atoms with E-state index in [4.69, 9.17) is 4.42 Å². The number of carbonyl (C=O) groups excluding carboxylic acids is 2. The van der Waals surface area contributed by atoms with Crippen molar-refractivity contribution in [3.05, 3.63) is 59.5 Å². The number of nitrogens with zero attached hydrogens (tertiary/aromatic N) is 2. The summed E-state index contributed by atoms with van der Waals surface area (Å²) in [6.07, 6.45) is 4.96. The molecule has 1 aromatic heterocycles. The summed E-state index contributed by atoms with van der Waals surface area (Å²) in [6, 6.07) is 12.0. The van der Waals surface area contributed by atoms with Crippen molar-refractivity contribution in [1.82, 2.24) is 9.80 Å². The molecule has 0 N–H and O–H groups in total. The highest BCUT2D eigenvalue weighted by molar-refractivity contribution is 5.91. The van der Waals surface area contributed by atoms with Crippen LogP contribution in [0.1, 0.15) is 53.3 Å². The first-order valence-corrected chi connectivity index (χ1v) is 9.62. The first-order valence-electron chi connectivity index (χ1n) is 9.62. The minimum Gasteiger partial charge on any atom is -0.459 e. The Morgan fingerprint density at radius 3 is 2.56 bits per heavy atom. The van der Waals surface area contributed by atoms with E-state index in [1.165, 1.54) is 17.4 Å². The summed E-state index contributed by atoms with van der Waals surface area (Å²) >= 11 is 0. The van der Waals surface area contributed by atoms with Gasteiger partial charge in [0.05, 0.1) is 6.26 Å². The Hall–Kier alpha value is -2.56. The lowest BCUT2D eigenvalue weighted by molar-refractivity contribution is -0.129. The maximum atomic E-state index is 12.6. The maximum Gasteiger partial charge on any atom is 0.289 e. The number of piperidine rings is 1. The number of carbonyl (C=O) groups is 2. The van der Waals surface area contributed by atoms with Gasteiger partial charge in [0.25, 0.3) is 5.91 Å². The van der Waals surface area contributed by atoms with Gasteiger partial charge < -0.3 is 14.2 Å². The largest absolute Gasteiger partial charge is 0.459 e. The van der Waals surface area contributed by atoms with Crippen LogP contribution in [0.25, 0.3) is 0 Å². The van der Waals surface area contributed by atoms with Gasteiger partial charge >= 0.3 is 0 Å². The van der Waals surface area contributed by atoms with Gasteiger partial charge in [0, 0.05) is 33.6 Å². The van der Waals surface area contributed by atoms with Crippen LogP contribution < -0.4 is 0 Å². The molecular weight excluding hydrogens is 340 g/mol. The lowest BCUT2D eigenvalue weighted by Crippen LogP contribution is -2.44. The van der Waals surface area contributed by atoms with Crippen molar-refractivity contribution in [1.29, 1.82) is 0 Å². The van der Waals surface area contributed by atoms with Crippen LogP contribution in [0, 0.1) is 0 Å². The van der Waals surface area contributed by atoms with Gasteiger partial charge in [-0.25, -0.2) is 0 Å². The van der Waals surface area contributed by atoms with Gasteiger partial charge in [-0.3, -0.25) is 9.59 Å². The van der Waals surface area contributed by atoms with Crippen LogP contribution in [-0.4, -0.2) is 48.8 Å². The van der Waals surface area contributed by atoms with E-state index >= 15 is 0 Å². The molecule has 2 aliphatic rings. The first kappa shape index (κ1) is 17.8. The molecule has 1 aliphatic heterocycles. The average Bonchev–Trinajstić information content (AvgIpc) is 3.30. The van der Waals surface area contributed by atoms with Crippen LogP contribution in [-0.2, 0) is 10.2 Å². The third-order valence-electron chi connectivity index (χ3n) is 6.27. The Morgan fingerprint density at radius 2 is 1.89 bits per heavy atom. The molecule has 0 saturated carbocycles. The van der Waals surface area contributed by atoms with E-state index in [2.05, 4.69) is 24.3 Å². The average molecular weight is 366 g/mol. The van der Waals surface area contributed by atoms with Crippen molar-refractivity contribution in [3.63, 3.8) is 0 Å². The van der Waals surface area contributed by atoms with Crippen molar-refractivity contribution in [3.8, 4) is 0 Å². The number of rotatable bonds is 3. The van der Waals surface area contributed by atoms with Crippen LogP contribution in [0.5, 0.6) is 0 Å². The number of benzene rings is 1. The summed E-state index contributed by atoms with van der Waals surface area (Å²) < 4.78 is 5.27. The Kier molecular flexibility index (Phi) is 4.54. The van der Waals surface area contributed by atoms with Gasteiger partial charge in [0.2, 0.25) is 5.91 Å². The third-order valence-corrected chi connectivity index (χ3v) is 6.27. The fraction of sp³-hybridized carbons (Fsp3) is 0.455. The Labute approximate surface area is 159 Å². The van der Waals surface area contributed by atoms with Crippen LogP contribution in [0.15, 0.2) is 47.1 Å². The smallest absolute Gasteiger partial charge is 0.289 e. The molecule has 1 fully saturated rings. The van der Waals surface area contributed by atoms with E-state index in [-0.39, 0.29) is 23.1 Å². The predicted molar refractivity (Wildman–Crippen MR) is 103 cm³/mol. The molecule has 1 aromatic carbocycles. The molecule has 5 heteroatoms. The van der Waals surface area contributed by atoms with Crippen LogP contribution >= 0.6 is 0 Å². The Balaban J connectivity index is 1.52. The number of furan rings is 1. The number of hydrogen-bond acceptors (Lipinski definition) is 3. The van der Waals surface area contributed by atoms with Gasteiger partial charge in [-0.2, -0.15) is 0 Å². The van der Waals surface area contributed by atoms with Crippen molar-refractivity contribution in [2.24, 2.45) is 0 Å². The molecule has 0 bridgehead atoms. The van der Waals surface area contributed by atoms with E-state index in [9.17, 15) is 9.59 Å². The van der Waals surface area contributed by atoms with Crippen LogP contribution in [0.2, 0.25) is 0 Å². The molecule has 2 heterocycles. The van der Waals surface area contributed by atoms with E-state index < -0.39 is 0 Å². The summed E-state index contributed by atoms with van der Waals surface area (Å²) in [5.41, 5.74) is 2.78. The molecule has 2 amide bonds. The zero-order chi connectivity index (χ0) is 19.0. The van der Waals surface area contributed by atoms with Gasteiger partial charge in [0.1, 0.15) is 0 Å². The van der Waals surface area contributed by atoms with Crippen molar-refractivity contribution in [2.75, 3.05) is 27.2 Å². The summed E-state index contributed by atoms with van der Waals surface area (Å²) in [6.45, 7) is 1.45. The highest BCUT2D eigenvalue weighted by Gasteiger charge is 2.46. The standard InChI is InChI=1S/C22H26N2O3/c1-23(2)20(25)14-16-15-22(18-7-4-3-6-17(16)18)9-11-24(12-10-22)21(26)19-8-5-13-27-19/h3-8,13,16H,9-12,14-15H2,1-2H3/t16-/m0/s1. The molecule has 1 atom stereocenters. The Bertz CT molecular complexity index is 833. The topological polar surface area (TPSA) is 53.8 Å². The van der Waals surface area contributed by atoms with Gasteiger partial charge in [-0.15, -0.1) is 0 Å². The van der Waals surface area contributed by atoms with Crippen LogP contribution in [0.4, 0.5) is 0 Å². The van der Waals surface area contributed by atoms with E-state index in [0.717, 1.165) is 32.4 Å². The number of fused-ring (bicyclic) bond motifs is 2. The molecule has 1 saturated heterocycles. The zero-order valence-electron chi connectivity index (χ0n) is 16.0. The molecule has 4 rings (SSSR count). The normalized spacial score (nSPS) is 20.5. The molecule has 0 radical (unpaired) electrons. The summed E-state index contributed by atoms with van der Waals surface area (Å²) in [4.78, 5) is 28.5. The monoisotopic (exact) mass is 366 g/mol. The van der Waals surface area contributed by atoms with Crippen molar-refractivity contribution < 1.29 is 14.0 Å². The minimum absolute atomic E-state index is 0.0273. The van der Waals surface area contributed by atoms with Crippen molar-refractivity contribution in [2.45, 2.75) is 37.0 Å². The summed E-state index contributed by atoms with van der Waals surface area (Å²) in [5, 5.41) is 0. The predicted octanol–water partition coefficient (Wildman–Crippen LogP) is 3.42. The Morgan fingerprint density at radius 1 is 1.15 bits per heavy atom. The second-order valence-corrected chi connectivity index (χ2v) is 8.03.